The Bertz CT molecular complexity index is 1770. The summed E-state index contributed by atoms with van der Waals surface area (Å²) in [5.74, 6) is -0.618. The van der Waals surface area contributed by atoms with Crippen LogP contribution in [0.3, 0.4) is 0 Å². The molecule has 0 aromatic carbocycles. The Labute approximate surface area is 556 Å². The van der Waals surface area contributed by atoms with Crippen molar-refractivity contribution in [1.29, 1.82) is 0 Å². The van der Waals surface area contributed by atoms with E-state index in [1.54, 1.807) is 0 Å². The lowest BCUT2D eigenvalue weighted by Gasteiger charge is -2.21. The van der Waals surface area contributed by atoms with Gasteiger partial charge in [0.2, 0.25) is 0 Å². The van der Waals surface area contributed by atoms with Gasteiger partial charge in [0.25, 0.3) is 0 Å². The monoisotopic (exact) mass is 1340 g/mol. The normalized spacial score (nSPS) is 14.4. The Balaban J connectivity index is 5.26. The Morgan fingerprint density at radius 3 is 0.835 bits per heavy atom. The average molecular weight is 1340 g/mol. The van der Waals surface area contributed by atoms with Gasteiger partial charge in [-0.15, -0.1) is 0 Å². The molecule has 0 aliphatic rings. The van der Waals surface area contributed by atoms with Crippen LogP contribution in [0.4, 0.5) is 0 Å². The smallest absolute Gasteiger partial charge is 0.462 e. The van der Waals surface area contributed by atoms with Crippen LogP contribution in [0.1, 0.15) is 369 Å². The lowest BCUT2D eigenvalue weighted by atomic mass is 10.00. The van der Waals surface area contributed by atoms with Gasteiger partial charge in [-0.05, 0) is 37.5 Å². The fourth-order valence-electron chi connectivity index (χ4n) is 10.9. The molecule has 0 saturated heterocycles. The van der Waals surface area contributed by atoms with Gasteiger partial charge in [-0.1, -0.05) is 318 Å². The van der Waals surface area contributed by atoms with E-state index in [4.69, 9.17) is 37.0 Å². The summed E-state index contributed by atoms with van der Waals surface area (Å²) in [5.41, 5.74) is 0. The van der Waals surface area contributed by atoms with E-state index in [0.717, 1.165) is 108 Å². The maximum Gasteiger partial charge on any atom is 0.472 e. The van der Waals surface area contributed by atoms with Gasteiger partial charge >= 0.3 is 39.5 Å². The molecular formula is C72H140O17P2. The van der Waals surface area contributed by atoms with Gasteiger partial charge in [0, 0.05) is 25.7 Å². The quantitative estimate of drug-likeness (QED) is 0.0222. The Hall–Kier alpha value is -1.94. The fraction of sp³-hybridized carbons (Fsp3) is 0.944. The van der Waals surface area contributed by atoms with Crippen molar-refractivity contribution >= 4 is 39.5 Å². The summed E-state index contributed by atoms with van der Waals surface area (Å²) in [6.45, 7) is 9.53. The second-order valence-corrected chi connectivity index (χ2v) is 29.6. The highest BCUT2D eigenvalue weighted by molar-refractivity contribution is 7.47. The first-order valence-electron chi connectivity index (χ1n) is 37.5. The van der Waals surface area contributed by atoms with Gasteiger partial charge in [-0.3, -0.25) is 37.3 Å². The van der Waals surface area contributed by atoms with Crippen LogP contribution in [0.2, 0.25) is 0 Å². The predicted octanol–water partition coefficient (Wildman–Crippen LogP) is 20.8. The highest BCUT2D eigenvalue weighted by Gasteiger charge is 2.30. The summed E-state index contributed by atoms with van der Waals surface area (Å²) in [6, 6.07) is 0. The number of aliphatic hydroxyl groups excluding tert-OH is 1. The van der Waals surface area contributed by atoms with Gasteiger partial charge in [0.05, 0.1) is 26.4 Å². The molecule has 19 heteroatoms. The van der Waals surface area contributed by atoms with Crippen LogP contribution in [0.5, 0.6) is 0 Å². The van der Waals surface area contributed by atoms with E-state index in [-0.39, 0.29) is 25.7 Å². The molecule has 540 valence electrons. The number of carbonyl (C=O) groups excluding carboxylic acids is 4. The highest BCUT2D eigenvalue weighted by atomic mass is 31.2. The van der Waals surface area contributed by atoms with Crippen LogP contribution in [-0.4, -0.2) is 96.7 Å². The number of unbranched alkanes of at least 4 members (excludes halogenated alkanes) is 40. The number of phosphoric acid groups is 2. The number of carbonyl (C=O) groups is 4. The highest BCUT2D eigenvalue weighted by Crippen LogP contribution is 2.45. The lowest BCUT2D eigenvalue weighted by Crippen LogP contribution is -2.30. The Morgan fingerprint density at radius 2 is 0.560 bits per heavy atom. The van der Waals surface area contributed by atoms with Crippen molar-refractivity contribution in [3.63, 3.8) is 0 Å². The molecule has 17 nitrogen and oxygen atoms in total. The number of esters is 4. The largest absolute Gasteiger partial charge is 0.472 e. The molecule has 6 atom stereocenters. The number of phosphoric ester groups is 2. The number of hydrogen-bond acceptors (Lipinski definition) is 15. The third kappa shape index (κ3) is 65.1. The van der Waals surface area contributed by atoms with E-state index < -0.39 is 97.5 Å². The zero-order valence-corrected chi connectivity index (χ0v) is 60.9. The molecule has 0 spiro atoms. The topological polar surface area (TPSA) is 237 Å². The van der Waals surface area contributed by atoms with Gasteiger partial charge in [-0.25, -0.2) is 9.13 Å². The molecule has 3 unspecified atom stereocenters. The van der Waals surface area contributed by atoms with Crippen LogP contribution >= 0.6 is 15.6 Å². The molecule has 0 bridgehead atoms. The minimum atomic E-state index is -4.95. The predicted molar refractivity (Wildman–Crippen MR) is 368 cm³/mol. The van der Waals surface area contributed by atoms with Crippen LogP contribution in [0.25, 0.3) is 0 Å². The molecule has 0 aliphatic heterocycles. The van der Waals surface area contributed by atoms with E-state index in [9.17, 15) is 43.2 Å². The van der Waals surface area contributed by atoms with Crippen molar-refractivity contribution in [1.82, 2.24) is 0 Å². The average Bonchev–Trinajstić information content (AvgIpc) is 3.20. The van der Waals surface area contributed by atoms with Gasteiger partial charge in [0.1, 0.15) is 19.3 Å². The first-order valence-corrected chi connectivity index (χ1v) is 40.5. The number of hydrogen-bond donors (Lipinski definition) is 3. The van der Waals surface area contributed by atoms with Crippen LogP contribution < -0.4 is 0 Å². The van der Waals surface area contributed by atoms with Crippen molar-refractivity contribution in [3.05, 3.63) is 0 Å². The molecule has 0 radical (unpaired) electrons. The van der Waals surface area contributed by atoms with E-state index in [2.05, 4.69) is 41.5 Å². The van der Waals surface area contributed by atoms with E-state index in [1.807, 2.05) is 0 Å². The molecule has 0 aliphatic carbocycles. The van der Waals surface area contributed by atoms with Crippen LogP contribution in [0.15, 0.2) is 0 Å². The maximum absolute atomic E-state index is 13.0. The first-order chi connectivity index (χ1) is 43.9. The van der Waals surface area contributed by atoms with Crippen LogP contribution in [-0.2, 0) is 65.4 Å². The molecule has 0 fully saturated rings. The van der Waals surface area contributed by atoms with E-state index in [1.165, 1.54) is 180 Å². The van der Waals surface area contributed by atoms with Gasteiger partial charge in [0.15, 0.2) is 12.2 Å². The maximum atomic E-state index is 13.0. The standard InChI is InChI=1S/C72H140O17P2/c1-7-10-12-14-16-18-20-22-23-24-28-33-37-45-51-57-72(77)88-67(60-82-69(74)54-48-42-35-31-29-25-26-30-34-40-46-52-64(4)5)62-86-90(78,79)84-58-66(73)59-85-91(80,81)87-63-68(61-83-70(75)55-49-43-39-38-41-47-53-65(6)9-3)89-71(76)56-50-44-36-32-27-21-19-17-15-13-11-8-2/h64-68,73H,7-63H2,1-6H3,(H,78,79)(H,80,81)/t65?,66-,67-,68-/m1/s1. The minimum absolute atomic E-state index is 0.106. The van der Waals surface area contributed by atoms with Crippen molar-refractivity contribution in [2.45, 2.75) is 387 Å². The van der Waals surface area contributed by atoms with Crippen molar-refractivity contribution in [3.8, 4) is 0 Å². The Morgan fingerprint density at radius 1 is 0.319 bits per heavy atom. The summed E-state index contributed by atoms with van der Waals surface area (Å²) in [7, 11) is -9.90. The molecular weight excluding hydrogens is 1200 g/mol. The van der Waals surface area contributed by atoms with Gasteiger partial charge < -0.3 is 33.8 Å². The van der Waals surface area contributed by atoms with E-state index in [0.29, 0.717) is 25.7 Å². The lowest BCUT2D eigenvalue weighted by molar-refractivity contribution is -0.161. The summed E-state index contributed by atoms with van der Waals surface area (Å²) in [6.07, 6.45) is 49.8. The second kappa shape index (κ2) is 64.1. The summed E-state index contributed by atoms with van der Waals surface area (Å²) in [4.78, 5) is 72.6. The first kappa shape index (κ1) is 89.1. The molecule has 0 rings (SSSR count). The Kier molecular flexibility index (Phi) is 62.7. The van der Waals surface area contributed by atoms with E-state index >= 15 is 0 Å². The van der Waals surface area contributed by atoms with Crippen molar-refractivity contribution < 1.29 is 80.2 Å². The summed E-state index contributed by atoms with van der Waals surface area (Å²) >= 11 is 0. The van der Waals surface area contributed by atoms with Crippen molar-refractivity contribution in [2.24, 2.45) is 11.8 Å². The molecule has 0 aromatic rings. The molecule has 91 heavy (non-hydrogen) atoms. The third-order valence-corrected chi connectivity index (χ3v) is 19.0. The molecule has 0 heterocycles. The minimum Gasteiger partial charge on any atom is -0.462 e. The zero-order valence-electron chi connectivity index (χ0n) is 59.1. The number of rotatable bonds is 71. The molecule has 0 saturated carbocycles. The molecule has 3 N–H and O–H groups in total. The number of ether oxygens (including phenoxy) is 4. The van der Waals surface area contributed by atoms with Crippen LogP contribution in [0, 0.1) is 11.8 Å². The summed E-state index contributed by atoms with van der Waals surface area (Å²) in [5, 5.41) is 10.6. The molecule has 0 aromatic heterocycles. The zero-order chi connectivity index (χ0) is 67.2. The van der Waals surface area contributed by atoms with Gasteiger partial charge in [-0.2, -0.15) is 0 Å². The summed E-state index contributed by atoms with van der Waals surface area (Å²) < 4.78 is 68.4. The second-order valence-electron chi connectivity index (χ2n) is 26.7. The molecule has 0 amide bonds. The van der Waals surface area contributed by atoms with Crippen molar-refractivity contribution in [2.75, 3.05) is 39.6 Å². The third-order valence-electron chi connectivity index (χ3n) is 17.1. The SMILES string of the molecule is CCCCCCCCCCCCCCCCCC(=O)O[C@H](COC(=O)CCCCCCCCCCCCCC(C)C)COP(=O)(O)OC[C@@H](O)COP(=O)(O)OC[C@@H](COC(=O)CCCCCCCCC(C)CC)OC(=O)CCCCCCCCCCCCCC. The fourth-order valence-corrected chi connectivity index (χ4v) is 12.5. The number of aliphatic hydroxyl groups is 1.